The number of carbonyl (C=O) groups is 2. The molecule has 0 aliphatic carbocycles. The number of hydrogen-bond acceptors (Lipinski definition) is 3. The van der Waals surface area contributed by atoms with Crippen LogP contribution in [0.15, 0.2) is 11.1 Å². The maximum atomic E-state index is 12.0. The highest BCUT2D eigenvalue weighted by atomic mass is 16.4. The molecule has 1 fully saturated rings. The van der Waals surface area contributed by atoms with E-state index in [1.165, 1.54) is 6.92 Å². The number of aliphatic carboxylic acids is 1. The predicted molar refractivity (Wildman–Crippen MR) is 60.1 cm³/mol. The fourth-order valence-electron chi connectivity index (χ4n) is 1.61. The topological polar surface area (TPSA) is 69.6 Å². The first-order valence-corrected chi connectivity index (χ1v) is 5.45. The highest BCUT2D eigenvalue weighted by molar-refractivity contribution is 6.01. The fourth-order valence-corrected chi connectivity index (χ4v) is 1.61. The van der Waals surface area contributed by atoms with Gasteiger partial charge < -0.3 is 15.3 Å². The zero-order valence-electron chi connectivity index (χ0n) is 9.75. The second kappa shape index (κ2) is 5.65. The molecule has 0 aromatic heterocycles. The Morgan fingerprint density at radius 2 is 1.81 bits per heavy atom. The molecule has 1 aliphatic heterocycles. The molecule has 2 N–H and O–H groups in total. The molecular formula is C11H18N2O3. The van der Waals surface area contributed by atoms with Gasteiger partial charge in [-0.15, -0.1) is 0 Å². The first-order valence-electron chi connectivity index (χ1n) is 5.45. The molecule has 0 unspecified atom stereocenters. The first-order chi connectivity index (χ1) is 7.54. The van der Waals surface area contributed by atoms with Gasteiger partial charge >= 0.3 is 5.97 Å². The van der Waals surface area contributed by atoms with Gasteiger partial charge in [-0.3, -0.25) is 4.79 Å². The second-order valence-corrected chi connectivity index (χ2v) is 3.95. The Morgan fingerprint density at radius 1 is 1.12 bits per heavy atom. The van der Waals surface area contributed by atoms with Crippen molar-refractivity contribution in [3.63, 3.8) is 0 Å². The summed E-state index contributed by atoms with van der Waals surface area (Å²) in [7, 11) is 0. The van der Waals surface area contributed by atoms with Crippen LogP contribution in [-0.4, -0.2) is 48.1 Å². The Morgan fingerprint density at radius 3 is 2.44 bits per heavy atom. The summed E-state index contributed by atoms with van der Waals surface area (Å²) >= 11 is 0. The normalized spacial score (nSPS) is 18.8. The second-order valence-electron chi connectivity index (χ2n) is 3.95. The quantitative estimate of drug-likeness (QED) is 0.661. The lowest BCUT2D eigenvalue weighted by Gasteiger charge is -2.20. The van der Waals surface area contributed by atoms with E-state index < -0.39 is 5.97 Å². The molecule has 1 aliphatic rings. The summed E-state index contributed by atoms with van der Waals surface area (Å²) in [6.45, 7) is 6.05. The average molecular weight is 226 g/mol. The molecule has 0 aromatic carbocycles. The van der Waals surface area contributed by atoms with E-state index in [1.54, 1.807) is 11.8 Å². The number of amides is 1. The van der Waals surface area contributed by atoms with Crippen LogP contribution in [0.2, 0.25) is 0 Å². The van der Waals surface area contributed by atoms with Crippen LogP contribution in [0.25, 0.3) is 0 Å². The molecule has 0 saturated carbocycles. The summed E-state index contributed by atoms with van der Waals surface area (Å²) in [5.74, 6) is -1.19. The number of rotatable bonds is 2. The largest absolute Gasteiger partial charge is 0.478 e. The van der Waals surface area contributed by atoms with Crippen LogP contribution in [0.5, 0.6) is 0 Å². The lowest BCUT2D eigenvalue weighted by molar-refractivity contribution is -0.133. The molecule has 0 radical (unpaired) electrons. The van der Waals surface area contributed by atoms with Crippen LogP contribution >= 0.6 is 0 Å². The SMILES string of the molecule is CC(C(=O)O)=C(C)C(=O)N1CCCNCC1. The molecule has 0 spiro atoms. The van der Waals surface area contributed by atoms with Gasteiger partial charge in [0.25, 0.3) is 0 Å². The third-order valence-electron chi connectivity index (χ3n) is 2.83. The van der Waals surface area contributed by atoms with Crippen LogP contribution in [-0.2, 0) is 9.59 Å². The van der Waals surface area contributed by atoms with Crippen LogP contribution in [0.1, 0.15) is 20.3 Å². The van der Waals surface area contributed by atoms with Crippen molar-refractivity contribution in [2.75, 3.05) is 26.2 Å². The maximum Gasteiger partial charge on any atom is 0.331 e. The molecule has 1 rings (SSSR count). The van der Waals surface area contributed by atoms with Crippen molar-refractivity contribution in [1.82, 2.24) is 10.2 Å². The van der Waals surface area contributed by atoms with Crippen molar-refractivity contribution < 1.29 is 14.7 Å². The summed E-state index contributed by atoms with van der Waals surface area (Å²) < 4.78 is 0. The van der Waals surface area contributed by atoms with Gasteiger partial charge in [0.15, 0.2) is 0 Å². The van der Waals surface area contributed by atoms with Gasteiger partial charge in [0.2, 0.25) is 5.91 Å². The van der Waals surface area contributed by atoms with Gasteiger partial charge in [0.1, 0.15) is 0 Å². The number of nitrogens with zero attached hydrogens (tertiary/aromatic N) is 1. The molecule has 1 saturated heterocycles. The van der Waals surface area contributed by atoms with Gasteiger partial charge in [-0.05, 0) is 26.8 Å². The van der Waals surface area contributed by atoms with E-state index in [0.29, 0.717) is 18.7 Å². The van der Waals surface area contributed by atoms with Crippen molar-refractivity contribution in [3.8, 4) is 0 Å². The monoisotopic (exact) mass is 226 g/mol. The fraction of sp³-hybridized carbons (Fsp3) is 0.636. The molecule has 0 aromatic rings. The average Bonchev–Trinajstić information content (AvgIpc) is 2.54. The van der Waals surface area contributed by atoms with Gasteiger partial charge in [0, 0.05) is 30.8 Å². The molecule has 90 valence electrons. The Kier molecular flexibility index (Phi) is 4.49. The number of carboxylic acid groups (broad SMARTS) is 1. The van der Waals surface area contributed by atoms with Gasteiger partial charge in [-0.25, -0.2) is 4.79 Å². The molecule has 0 bridgehead atoms. The summed E-state index contributed by atoms with van der Waals surface area (Å²) in [4.78, 5) is 24.4. The van der Waals surface area contributed by atoms with Crippen molar-refractivity contribution in [3.05, 3.63) is 11.1 Å². The third kappa shape index (κ3) is 3.06. The summed E-state index contributed by atoms with van der Waals surface area (Å²) in [5, 5.41) is 12.0. The smallest absolute Gasteiger partial charge is 0.331 e. The molecule has 5 heteroatoms. The molecule has 1 amide bonds. The Balaban J connectivity index is 2.76. The summed E-state index contributed by atoms with van der Waals surface area (Å²) in [5.41, 5.74) is 0.455. The van der Waals surface area contributed by atoms with Crippen LogP contribution in [0, 0.1) is 0 Å². The summed E-state index contributed by atoms with van der Waals surface area (Å²) in [6.07, 6.45) is 0.908. The van der Waals surface area contributed by atoms with E-state index >= 15 is 0 Å². The molecule has 0 atom stereocenters. The van der Waals surface area contributed by atoms with Crippen molar-refractivity contribution >= 4 is 11.9 Å². The lowest BCUT2D eigenvalue weighted by atomic mass is 10.1. The van der Waals surface area contributed by atoms with Crippen LogP contribution in [0.3, 0.4) is 0 Å². The Bertz CT molecular complexity index is 315. The zero-order chi connectivity index (χ0) is 12.1. The van der Waals surface area contributed by atoms with E-state index in [0.717, 1.165) is 19.5 Å². The van der Waals surface area contributed by atoms with Gasteiger partial charge in [0.05, 0.1) is 0 Å². The Labute approximate surface area is 95.1 Å². The third-order valence-corrected chi connectivity index (χ3v) is 2.83. The standard InChI is InChI=1S/C11H18N2O3/c1-8(9(2)11(15)16)10(14)13-6-3-4-12-5-7-13/h12H,3-7H2,1-2H3,(H,15,16). The highest BCUT2D eigenvalue weighted by Crippen LogP contribution is 2.09. The highest BCUT2D eigenvalue weighted by Gasteiger charge is 2.19. The summed E-state index contributed by atoms with van der Waals surface area (Å²) in [6, 6.07) is 0. The van der Waals surface area contributed by atoms with Crippen LogP contribution < -0.4 is 5.32 Å². The minimum absolute atomic E-state index is 0.127. The van der Waals surface area contributed by atoms with E-state index in [1.807, 2.05) is 0 Å². The molecule has 16 heavy (non-hydrogen) atoms. The number of carboxylic acids is 1. The van der Waals surface area contributed by atoms with Crippen molar-refractivity contribution in [2.45, 2.75) is 20.3 Å². The van der Waals surface area contributed by atoms with E-state index in [2.05, 4.69) is 5.32 Å². The minimum atomic E-state index is -1.03. The molecular weight excluding hydrogens is 208 g/mol. The predicted octanol–water partition coefficient (Wildman–Crippen LogP) is 0.229. The van der Waals surface area contributed by atoms with Gasteiger partial charge in [-0.1, -0.05) is 0 Å². The van der Waals surface area contributed by atoms with Crippen LogP contribution in [0.4, 0.5) is 0 Å². The van der Waals surface area contributed by atoms with E-state index in [-0.39, 0.29) is 11.5 Å². The molecule has 1 heterocycles. The van der Waals surface area contributed by atoms with E-state index in [9.17, 15) is 9.59 Å². The first kappa shape index (κ1) is 12.7. The number of hydrogen-bond donors (Lipinski definition) is 2. The minimum Gasteiger partial charge on any atom is -0.478 e. The number of nitrogens with one attached hydrogen (secondary N) is 1. The lowest BCUT2D eigenvalue weighted by Crippen LogP contribution is -2.35. The zero-order valence-corrected chi connectivity index (χ0v) is 9.75. The Hall–Kier alpha value is -1.36. The number of carbonyl (C=O) groups excluding carboxylic acids is 1. The molecule has 5 nitrogen and oxygen atoms in total. The van der Waals surface area contributed by atoms with Crippen molar-refractivity contribution in [1.29, 1.82) is 0 Å². The van der Waals surface area contributed by atoms with Crippen molar-refractivity contribution in [2.24, 2.45) is 0 Å². The maximum absolute atomic E-state index is 12.0. The van der Waals surface area contributed by atoms with Gasteiger partial charge in [-0.2, -0.15) is 0 Å². The van der Waals surface area contributed by atoms with E-state index in [4.69, 9.17) is 5.11 Å².